The minimum Gasteiger partial charge on any atom is -0.497 e. The van der Waals surface area contributed by atoms with Gasteiger partial charge in [0.2, 0.25) is 0 Å². The molecule has 0 aliphatic heterocycles. The Morgan fingerprint density at radius 1 is 1.00 bits per heavy atom. The van der Waals surface area contributed by atoms with Crippen molar-refractivity contribution in [1.29, 1.82) is 0 Å². The lowest BCUT2D eigenvalue weighted by Gasteiger charge is -2.08. The van der Waals surface area contributed by atoms with Crippen molar-refractivity contribution in [2.45, 2.75) is 13.5 Å². The second-order valence-corrected chi connectivity index (χ2v) is 5.81. The molecule has 0 saturated carbocycles. The van der Waals surface area contributed by atoms with Crippen LogP contribution in [0.1, 0.15) is 21.6 Å². The summed E-state index contributed by atoms with van der Waals surface area (Å²) in [5.41, 5.74) is 3.36. The van der Waals surface area contributed by atoms with Crippen molar-refractivity contribution in [3.63, 3.8) is 0 Å². The van der Waals surface area contributed by atoms with Gasteiger partial charge in [0, 0.05) is 12.2 Å². The van der Waals surface area contributed by atoms with Gasteiger partial charge in [-0.2, -0.15) is 0 Å². The first-order valence-electron chi connectivity index (χ1n) is 8.21. The number of ether oxygens (including phenoxy) is 1. The Morgan fingerprint density at radius 2 is 1.73 bits per heavy atom. The molecule has 0 aliphatic rings. The average Bonchev–Trinajstić information content (AvgIpc) is 2.68. The molecule has 0 saturated heterocycles. The third-order valence-corrected chi connectivity index (χ3v) is 3.82. The van der Waals surface area contributed by atoms with E-state index in [1.54, 1.807) is 7.11 Å². The molecule has 0 unspecified atom stereocenters. The highest BCUT2D eigenvalue weighted by atomic mass is 16.5. The van der Waals surface area contributed by atoms with E-state index in [2.05, 4.69) is 20.6 Å². The van der Waals surface area contributed by atoms with Gasteiger partial charge in [0.1, 0.15) is 17.3 Å². The van der Waals surface area contributed by atoms with E-state index in [0.717, 1.165) is 17.0 Å². The molecule has 1 aromatic heterocycles. The molecule has 0 radical (unpaired) electrons. The lowest BCUT2D eigenvalue weighted by Crippen LogP contribution is -2.24. The molecule has 6 heteroatoms. The lowest BCUT2D eigenvalue weighted by atomic mass is 10.1. The smallest absolute Gasteiger partial charge is 0.271 e. The van der Waals surface area contributed by atoms with E-state index in [-0.39, 0.29) is 11.6 Å². The number of carbonyl (C=O) groups excluding carboxylic acids is 1. The van der Waals surface area contributed by atoms with Crippen LogP contribution in [-0.4, -0.2) is 23.0 Å². The van der Waals surface area contributed by atoms with Crippen molar-refractivity contribution in [3.05, 3.63) is 77.7 Å². The summed E-state index contributed by atoms with van der Waals surface area (Å²) in [6, 6.07) is 15.5. The van der Waals surface area contributed by atoms with E-state index in [1.165, 1.54) is 18.0 Å². The third-order valence-electron chi connectivity index (χ3n) is 3.82. The molecular weight excluding hydrogens is 328 g/mol. The highest BCUT2D eigenvalue weighted by Gasteiger charge is 2.08. The van der Waals surface area contributed by atoms with Gasteiger partial charge in [-0.25, -0.2) is 9.97 Å². The van der Waals surface area contributed by atoms with Gasteiger partial charge in [-0.1, -0.05) is 29.8 Å². The molecule has 3 aromatic rings. The van der Waals surface area contributed by atoms with Gasteiger partial charge in [0.05, 0.1) is 19.5 Å². The molecule has 2 aromatic carbocycles. The summed E-state index contributed by atoms with van der Waals surface area (Å²) in [6.45, 7) is 2.48. The van der Waals surface area contributed by atoms with E-state index in [0.29, 0.717) is 12.4 Å². The zero-order valence-corrected chi connectivity index (χ0v) is 14.7. The van der Waals surface area contributed by atoms with Crippen LogP contribution in [0.5, 0.6) is 5.75 Å². The number of hydrogen-bond acceptors (Lipinski definition) is 5. The maximum atomic E-state index is 12.2. The fourth-order valence-corrected chi connectivity index (χ4v) is 2.31. The summed E-state index contributed by atoms with van der Waals surface area (Å²) in [5, 5.41) is 5.96. The van der Waals surface area contributed by atoms with Crippen LogP contribution in [0.3, 0.4) is 0 Å². The van der Waals surface area contributed by atoms with Crippen LogP contribution in [0.4, 0.5) is 11.5 Å². The minimum absolute atomic E-state index is 0.255. The number of nitrogens with one attached hydrogen (secondary N) is 2. The standard InChI is InChI=1S/C20H20N4O2/c1-14-3-5-15(6-4-14)11-23-20(25)18-12-22-19(13-21-18)24-16-7-9-17(26-2)10-8-16/h3-10,12-13H,11H2,1-2H3,(H,22,24)(H,23,25). The molecule has 0 aliphatic carbocycles. The van der Waals surface area contributed by atoms with Crippen LogP contribution in [0.2, 0.25) is 0 Å². The maximum absolute atomic E-state index is 12.2. The summed E-state index contributed by atoms with van der Waals surface area (Å²) < 4.78 is 5.12. The maximum Gasteiger partial charge on any atom is 0.271 e. The summed E-state index contributed by atoms with van der Waals surface area (Å²) in [7, 11) is 1.62. The first kappa shape index (κ1) is 17.4. The van der Waals surface area contributed by atoms with Gasteiger partial charge in [0.15, 0.2) is 0 Å². The first-order valence-corrected chi connectivity index (χ1v) is 8.21. The summed E-state index contributed by atoms with van der Waals surface area (Å²) in [5.74, 6) is 1.08. The molecule has 1 heterocycles. The number of nitrogens with zero attached hydrogens (tertiary/aromatic N) is 2. The van der Waals surface area contributed by atoms with E-state index in [4.69, 9.17) is 4.74 Å². The molecule has 3 rings (SSSR count). The van der Waals surface area contributed by atoms with Crippen molar-refractivity contribution in [2.75, 3.05) is 12.4 Å². The second kappa shape index (κ2) is 8.11. The average molecular weight is 348 g/mol. The van der Waals surface area contributed by atoms with Crippen molar-refractivity contribution >= 4 is 17.4 Å². The Bertz CT molecular complexity index is 860. The molecule has 1 amide bonds. The molecule has 2 N–H and O–H groups in total. The van der Waals surface area contributed by atoms with Gasteiger partial charge in [-0.15, -0.1) is 0 Å². The van der Waals surface area contributed by atoms with Crippen LogP contribution < -0.4 is 15.4 Å². The number of rotatable bonds is 6. The Labute approximate surface area is 152 Å². The van der Waals surface area contributed by atoms with Gasteiger partial charge in [-0.05, 0) is 36.8 Å². The predicted molar refractivity (Wildman–Crippen MR) is 101 cm³/mol. The molecule has 132 valence electrons. The first-order chi connectivity index (χ1) is 12.6. The molecule has 0 spiro atoms. The van der Waals surface area contributed by atoms with Gasteiger partial charge in [-0.3, -0.25) is 4.79 Å². The zero-order valence-electron chi connectivity index (χ0n) is 14.7. The van der Waals surface area contributed by atoms with Crippen LogP contribution >= 0.6 is 0 Å². The van der Waals surface area contributed by atoms with Gasteiger partial charge < -0.3 is 15.4 Å². The van der Waals surface area contributed by atoms with Crippen molar-refractivity contribution in [3.8, 4) is 5.75 Å². The number of aromatic nitrogens is 2. The topological polar surface area (TPSA) is 76.1 Å². The number of hydrogen-bond donors (Lipinski definition) is 2. The van der Waals surface area contributed by atoms with Crippen LogP contribution in [0.15, 0.2) is 60.9 Å². The summed E-state index contributed by atoms with van der Waals surface area (Å²) in [6.07, 6.45) is 2.99. The fraction of sp³-hybridized carbons (Fsp3) is 0.150. The van der Waals surface area contributed by atoms with E-state index in [1.807, 2.05) is 55.5 Å². The number of benzene rings is 2. The summed E-state index contributed by atoms with van der Waals surface area (Å²) >= 11 is 0. The monoisotopic (exact) mass is 348 g/mol. The quantitative estimate of drug-likeness (QED) is 0.713. The molecule has 26 heavy (non-hydrogen) atoms. The largest absolute Gasteiger partial charge is 0.497 e. The molecule has 0 fully saturated rings. The molecule has 6 nitrogen and oxygen atoms in total. The Hall–Kier alpha value is -3.41. The van der Waals surface area contributed by atoms with E-state index in [9.17, 15) is 4.79 Å². The normalized spacial score (nSPS) is 10.2. The molecular formula is C20H20N4O2. The van der Waals surface area contributed by atoms with Crippen molar-refractivity contribution in [1.82, 2.24) is 15.3 Å². The van der Waals surface area contributed by atoms with Crippen molar-refractivity contribution in [2.24, 2.45) is 0 Å². The third kappa shape index (κ3) is 4.57. The fourth-order valence-electron chi connectivity index (χ4n) is 2.31. The van der Waals surface area contributed by atoms with E-state index >= 15 is 0 Å². The molecule has 0 atom stereocenters. The number of methoxy groups -OCH3 is 1. The number of aryl methyl sites for hydroxylation is 1. The van der Waals surface area contributed by atoms with Crippen LogP contribution in [0, 0.1) is 6.92 Å². The Balaban J connectivity index is 1.57. The van der Waals surface area contributed by atoms with E-state index < -0.39 is 0 Å². The summed E-state index contributed by atoms with van der Waals surface area (Å²) in [4.78, 5) is 20.6. The number of anilines is 2. The highest BCUT2D eigenvalue weighted by molar-refractivity contribution is 5.92. The number of amides is 1. The van der Waals surface area contributed by atoms with Gasteiger partial charge in [0.25, 0.3) is 5.91 Å². The van der Waals surface area contributed by atoms with Gasteiger partial charge >= 0.3 is 0 Å². The minimum atomic E-state index is -0.255. The van der Waals surface area contributed by atoms with Crippen LogP contribution in [-0.2, 0) is 6.54 Å². The Kier molecular flexibility index (Phi) is 5.43. The van der Waals surface area contributed by atoms with Crippen LogP contribution in [0.25, 0.3) is 0 Å². The zero-order chi connectivity index (χ0) is 18.4. The predicted octanol–water partition coefficient (Wildman–Crippen LogP) is 3.47. The number of carbonyl (C=O) groups is 1. The molecule has 0 bridgehead atoms. The lowest BCUT2D eigenvalue weighted by molar-refractivity contribution is 0.0945. The highest BCUT2D eigenvalue weighted by Crippen LogP contribution is 2.18. The van der Waals surface area contributed by atoms with Crippen molar-refractivity contribution < 1.29 is 9.53 Å². The second-order valence-electron chi connectivity index (χ2n) is 5.81. The Morgan fingerprint density at radius 3 is 2.35 bits per heavy atom. The SMILES string of the molecule is COc1ccc(Nc2cnc(C(=O)NCc3ccc(C)cc3)cn2)cc1.